The van der Waals surface area contributed by atoms with Gasteiger partial charge in [-0.05, 0) is 55.3 Å². The zero-order valence-electron chi connectivity index (χ0n) is 17.9. The van der Waals surface area contributed by atoms with E-state index in [4.69, 9.17) is 9.26 Å². The lowest BCUT2D eigenvalue weighted by atomic mass is 10.2. The molecule has 3 aromatic rings. The van der Waals surface area contributed by atoms with Crippen molar-refractivity contribution in [1.29, 1.82) is 0 Å². The minimum absolute atomic E-state index is 0.0909. The fraction of sp³-hybridized carbons (Fsp3) is 0.182. The smallest absolute Gasteiger partial charge is 0.265 e. The second-order valence-corrected chi connectivity index (χ2v) is 8.65. The molecule has 0 atom stereocenters. The van der Waals surface area contributed by atoms with E-state index in [9.17, 15) is 17.6 Å². The summed E-state index contributed by atoms with van der Waals surface area (Å²) >= 11 is 0. The number of halogens is 1. The van der Waals surface area contributed by atoms with Crippen LogP contribution >= 0.6 is 0 Å². The fourth-order valence-corrected chi connectivity index (χ4v) is 4.13. The lowest BCUT2D eigenvalue weighted by Gasteiger charge is -2.13. The van der Waals surface area contributed by atoms with E-state index in [1.54, 1.807) is 32.1 Å². The molecule has 3 rings (SSSR count). The van der Waals surface area contributed by atoms with Gasteiger partial charge in [-0.2, -0.15) is 0 Å². The summed E-state index contributed by atoms with van der Waals surface area (Å²) < 4.78 is 52.6. The molecule has 1 aromatic heterocycles. The van der Waals surface area contributed by atoms with Crippen LogP contribution in [0.15, 0.2) is 45.8 Å². The topological polar surface area (TPSA) is 111 Å². The molecule has 0 bridgehead atoms. The van der Waals surface area contributed by atoms with E-state index in [1.165, 1.54) is 38.3 Å². The van der Waals surface area contributed by atoms with Gasteiger partial charge in [0, 0.05) is 6.92 Å². The standard InChI is InChI=1S/C22H22FN3O5S/c1-13-5-8-17(12-18(13)23)26-32(28,29)21-11-16(6-9-19(21)30-4)7-10-20-22(24-15(3)27)14(2)25-31-20/h5-12,26H,1-4H3,(H,24,27)/b10-7-. The number of aryl methyl sites for hydroxylation is 2. The third-order valence-electron chi connectivity index (χ3n) is 4.52. The molecule has 8 nitrogen and oxygen atoms in total. The molecule has 0 aliphatic rings. The Morgan fingerprint density at radius 3 is 2.56 bits per heavy atom. The van der Waals surface area contributed by atoms with Crippen molar-refractivity contribution in [3.63, 3.8) is 0 Å². The van der Waals surface area contributed by atoms with Crippen molar-refractivity contribution in [2.45, 2.75) is 25.7 Å². The van der Waals surface area contributed by atoms with E-state index < -0.39 is 15.8 Å². The second-order valence-electron chi connectivity index (χ2n) is 7.00. The van der Waals surface area contributed by atoms with Crippen LogP contribution in [0.1, 0.15) is 29.5 Å². The minimum Gasteiger partial charge on any atom is -0.495 e. The molecule has 0 spiro atoms. The Kier molecular flexibility index (Phi) is 6.64. The molecule has 10 heteroatoms. The van der Waals surface area contributed by atoms with Gasteiger partial charge in [0.25, 0.3) is 10.0 Å². The first kappa shape index (κ1) is 23.0. The lowest BCUT2D eigenvalue weighted by Crippen LogP contribution is -2.14. The third kappa shape index (κ3) is 5.14. The molecule has 1 amide bonds. The number of methoxy groups -OCH3 is 1. The molecular formula is C22H22FN3O5S. The number of aromatic nitrogens is 1. The molecule has 2 N–H and O–H groups in total. The van der Waals surface area contributed by atoms with Gasteiger partial charge in [-0.3, -0.25) is 9.52 Å². The van der Waals surface area contributed by atoms with E-state index in [-0.39, 0.29) is 22.2 Å². The number of nitrogens with zero attached hydrogens (tertiary/aromatic N) is 1. The first-order valence-corrected chi connectivity index (χ1v) is 11.0. The molecule has 2 aromatic carbocycles. The van der Waals surface area contributed by atoms with Crippen LogP contribution in [-0.4, -0.2) is 26.6 Å². The monoisotopic (exact) mass is 459 g/mol. The van der Waals surface area contributed by atoms with E-state index in [1.807, 2.05) is 0 Å². The van der Waals surface area contributed by atoms with Crippen molar-refractivity contribution < 1.29 is 26.9 Å². The SMILES string of the molecule is COc1ccc(/C=C\c2onc(C)c2NC(C)=O)cc1S(=O)(=O)Nc1ccc(C)c(F)c1. The number of hydrogen-bond acceptors (Lipinski definition) is 6. The molecule has 0 saturated heterocycles. The van der Waals surface area contributed by atoms with Gasteiger partial charge < -0.3 is 14.6 Å². The number of rotatable bonds is 7. The van der Waals surface area contributed by atoms with Crippen molar-refractivity contribution >= 4 is 39.5 Å². The Balaban J connectivity index is 1.94. The highest BCUT2D eigenvalue weighted by Crippen LogP contribution is 2.29. The molecular weight excluding hydrogens is 437 g/mol. The summed E-state index contributed by atoms with van der Waals surface area (Å²) in [6, 6.07) is 8.63. The van der Waals surface area contributed by atoms with Gasteiger partial charge in [-0.25, -0.2) is 12.8 Å². The Bertz CT molecular complexity index is 1300. The Morgan fingerprint density at radius 2 is 1.91 bits per heavy atom. The van der Waals surface area contributed by atoms with Crippen LogP contribution in [0.25, 0.3) is 12.2 Å². The highest BCUT2D eigenvalue weighted by Gasteiger charge is 2.21. The van der Waals surface area contributed by atoms with Crippen LogP contribution in [0, 0.1) is 19.7 Å². The fourth-order valence-electron chi connectivity index (χ4n) is 2.87. The molecule has 0 aliphatic heterocycles. The van der Waals surface area contributed by atoms with Crippen molar-refractivity contribution in [1.82, 2.24) is 5.16 Å². The van der Waals surface area contributed by atoms with Gasteiger partial charge in [-0.1, -0.05) is 23.4 Å². The van der Waals surface area contributed by atoms with E-state index in [0.717, 1.165) is 6.07 Å². The van der Waals surface area contributed by atoms with Crippen LogP contribution in [0.3, 0.4) is 0 Å². The molecule has 1 heterocycles. The van der Waals surface area contributed by atoms with Crippen LogP contribution in [0.5, 0.6) is 5.75 Å². The predicted molar refractivity (Wildman–Crippen MR) is 119 cm³/mol. The van der Waals surface area contributed by atoms with Gasteiger partial charge in [0.1, 0.15) is 27.8 Å². The second kappa shape index (κ2) is 9.23. The molecule has 168 valence electrons. The summed E-state index contributed by atoms with van der Waals surface area (Å²) in [5, 5.41) is 6.47. The number of hydrogen-bond donors (Lipinski definition) is 2. The number of carbonyl (C=O) groups excluding carboxylic acids is 1. The maximum atomic E-state index is 13.8. The van der Waals surface area contributed by atoms with Crippen LogP contribution in [0.2, 0.25) is 0 Å². The van der Waals surface area contributed by atoms with Crippen molar-refractivity contribution in [3.8, 4) is 5.75 Å². The van der Waals surface area contributed by atoms with Gasteiger partial charge in [0.2, 0.25) is 5.91 Å². The average molecular weight is 459 g/mol. The minimum atomic E-state index is -4.08. The van der Waals surface area contributed by atoms with E-state index >= 15 is 0 Å². The summed E-state index contributed by atoms with van der Waals surface area (Å²) in [6.07, 6.45) is 3.17. The van der Waals surface area contributed by atoms with Gasteiger partial charge in [-0.15, -0.1) is 0 Å². The number of amides is 1. The molecule has 0 saturated carbocycles. The van der Waals surface area contributed by atoms with Crippen LogP contribution in [-0.2, 0) is 14.8 Å². The highest BCUT2D eigenvalue weighted by molar-refractivity contribution is 7.92. The normalized spacial score (nSPS) is 11.5. The van der Waals surface area contributed by atoms with E-state index in [0.29, 0.717) is 28.3 Å². The van der Waals surface area contributed by atoms with Gasteiger partial charge in [0.05, 0.1) is 12.8 Å². The van der Waals surface area contributed by atoms with Gasteiger partial charge in [0.15, 0.2) is 5.76 Å². The molecule has 0 radical (unpaired) electrons. The van der Waals surface area contributed by atoms with Crippen LogP contribution < -0.4 is 14.8 Å². The Labute approximate surface area is 185 Å². The predicted octanol–water partition coefficient (Wildman–Crippen LogP) is 4.37. The Hall–Kier alpha value is -3.66. The van der Waals surface area contributed by atoms with E-state index in [2.05, 4.69) is 15.2 Å². The summed E-state index contributed by atoms with van der Waals surface area (Å²) in [5.41, 5.74) is 1.95. The van der Waals surface area contributed by atoms with Crippen LogP contribution in [0.4, 0.5) is 15.8 Å². The first-order valence-electron chi connectivity index (χ1n) is 9.49. The van der Waals surface area contributed by atoms with Crippen molar-refractivity contribution in [3.05, 3.63) is 64.8 Å². The van der Waals surface area contributed by atoms with Crippen molar-refractivity contribution in [2.75, 3.05) is 17.1 Å². The third-order valence-corrected chi connectivity index (χ3v) is 5.92. The van der Waals surface area contributed by atoms with Gasteiger partial charge >= 0.3 is 0 Å². The highest BCUT2D eigenvalue weighted by atomic mass is 32.2. The molecule has 32 heavy (non-hydrogen) atoms. The number of ether oxygens (including phenoxy) is 1. The summed E-state index contributed by atoms with van der Waals surface area (Å²) in [5.74, 6) is -0.364. The maximum Gasteiger partial charge on any atom is 0.265 e. The zero-order valence-corrected chi connectivity index (χ0v) is 18.7. The number of anilines is 2. The van der Waals surface area contributed by atoms with Crippen molar-refractivity contribution in [2.24, 2.45) is 0 Å². The average Bonchev–Trinajstić information content (AvgIpc) is 3.07. The quantitative estimate of drug-likeness (QED) is 0.543. The summed E-state index contributed by atoms with van der Waals surface area (Å²) in [4.78, 5) is 11.3. The number of benzene rings is 2. The summed E-state index contributed by atoms with van der Waals surface area (Å²) in [7, 11) is -2.73. The molecule has 0 fully saturated rings. The molecule has 0 aliphatic carbocycles. The maximum absolute atomic E-state index is 13.8. The molecule has 0 unspecified atom stereocenters. The summed E-state index contributed by atoms with van der Waals surface area (Å²) in [6.45, 7) is 4.64. The zero-order chi connectivity index (χ0) is 23.5. The number of sulfonamides is 1. The number of nitrogens with one attached hydrogen (secondary N) is 2. The largest absolute Gasteiger partial charge is 0.495 e. The Morgan fingerprint density at radius 1 is 1.16 bits per heavy atom. The first-order chi connectivity index (χ1) is 15.1. The lowest BCUT2D eigenvalue weighted by molar-refractivity contribution is -0.114. The number of carbonyl (C=O) groups is 1.